The number of aryl methyl sites for hydroxylation is 2. The monoisotopic (exact) mass is 754 g/mol. The maximum Gasteiger partial charge on any atom is 0.164 e. The second-order valence-electron chi connectivity index (χ2n) is 14.8. The summed E-state index contributed by atoms with van der Waals surface area (Å²) in [5.41, 5.74) is 4.26. The van der Waals surface area contributed by atoms with E-state index in [1.54, 1.807) is 6.92 Å². The van der Waals surface area contributed by atoms with Gasteiger partial charge in [0.1, 0.15) is 17.4 Å². The molecule has 0 N–H and O–H groups in total. The molecule has 5 nitrogen and oxygen atoms in total. The van der Waals surface area contributed by atoms with Gasteiger partial charge >= 0.3 is 0 Å². The van der Waals surface area contributed by atoms with Gasteiger partial charge in [0.2, 0.25) is 0 Å². The third kappa shape index (κ3) is 16.1. The van der Waals surface area contributed by atoms with Gasteiger partial charge in [-0.25, -0.2) is 9.97 Å². The summed E-state index contributed by atoms with van der Waals surface area (Å²) in [6.07, 6.45) is 14.0. The Bertz CT molecular complexity index is 1630. The first-order valence-corrected chi connectivity index (χ1v) is 21.7. The maximum atomic E-state index is 12.8. The molecule has 0 spiro atoms. The standard InChI is InChI=1S/C25H30O2S.C11H13N3.C8H16.2C2H6/c1-18-9-15-23(16-10-18)28-25(19(2)26)17-24(27)22-13-11-21(12-14-22)20-7-5-3-4-6-8-20;1-8-12-10-7-5-4-6-9(10)11(13-8)14(2)3;1-7-3-5-8(2)6-4-7;2*1-2/h9-16,20,25H,3-8,17H2,1-2H3;4-7H,1-3H3;7-8H,3-6H2,1-2H3;2*1-2H3. The molecule has 54 heavy (non-hydrogen) atoms. The van der Waals surface area contributed by atoms with E-state index in [0.717, 1.165) is 39.3 Å². The Hall–Kier alpha value is -3.51. The smallest absolute Gasteiger partial charge is 0.164 e. The van der Waals surface area contributed by atoms with Crippen LogP contribution in [0, 0.1) is 25.7 Å². The van der Waals surface area contributed by atoms with Crippen molar-refractivity contribution in [3.05, 3.63) is 95.3 Å². The molecule has 0 bridgehead atoms. The number of aromatic nitrogens is 2. The summed E-state index contributed by atoms with van der Waals surface area (Å²) in [7, 11) is 3.99. The Balaban J connectivity index is 0.000000319. The molecule has 0 aliphatic heterocycles. The lowest BCUT2D eigenvalue weighted by atomic mass is 9.84. The van der Waals surface area contributed by atoms with Crippen molar-refractivity contribution in [1.29, 1.82) is 0 Å². The molecule has 2 aliphatic carbocycles. The van der Waals surface area contributed by atoms with Gasteiger partial charge in [-0.3, -0.25) is 9.59 Å². The van der Waals surface area contributed by atoms with Crippen molar-refractivity contribution in [1.82, 2.24) is 9.97 Å². The minimum atomic E-state index is -0.336. The lowest BCUT2D eigenvalue weighted by molar-refractivity contribution is -0.116. The first kappa shape index (κ1) is 46.6. The van der Waals surface area contributed by atoms with Crippen molar-refractivity contribution in [2.45, 2.75) is 149 Å². The number of thioether (sulfide) groups is 1. The minimum absolute atomic E-state index is 0.0484. The molecule has 3 aromatic carbocycles. The SMILES string of the molecule is CC.CC.CC(=O)C(CC(=O)c1ccc(C2CCCCCC2)cc1)Sc1ccc(C)cc1.CC1CCC(C)CC1.Cc1nc(N(C)C)c2ccccc2n1. The summed E-state index contributed by atoms with van der Waals surface area (Å²) in [4.78, 5) is 36.7. The summed E-state index contributed by atoms with van der Waals surface area (Å²) < 4.78 is 0. The van der Waals surface area contributed by atoms with Gasteiger partial charge in [-0.2, -0.15) is 0 Å². The Morgan fingerprint density at radius 1 is 0.722 bits per heavy atom. The number of rotatable bonds is 8. The fraction of sp³-hybridized carbons (Fsp3) is 0.542. The zero-order valence-corrected chi connectivity index (χ0v) is 36.4. The Morgan fingerprint density at radius 3 is 1.78 bits per heavy atom. The molecule has 6 rings (SSSR count). The predicted molar refractivity (Wildman–Crippen MR) is 235 cm³/mol. The molecule has 2 aliphatic rings. The molecular formula is C48H71N3O2S. The number of para-hydroxylation sites is 1. The largest absolute Gasteiger partial charge is 0.362 e. The van der Waals surface area contributed by atoms with Crippen LogP contribution in [-0.4, -0.2) is 40.9 Å². The quantitative estimate of drug-likeness (QED) is 0.101. The summed E-state index contributed by atoms with van der Waals surface area (Å²) in [5, 5.41) is 0.764. The summed E-state index contributed by atoms with van der Waals surface area (Å²) >= 11 is 1.49. The molecule has 0 amide bonds. The average Bonchev–Trinajstić information content (AvgIpc) is 3.48. The van der Waals surface area contributed by atoms with E-state index in [4.69, 9.17) is 0 Å². The third-order valence-electron chi connectivity index (χ3n) is 10.1. The van der Waals surface area contributed by atoms with E-state index < -0.39 is 0 Å². The maximum absolute atomic E-state index is 12.8. The van der Waals surface area contributed by atoms with E-state index in [9.17, 15) is 9.59 Å². The van der Waals surface area contributed by atoms with Gasteiger partial charge in [-0.15, -0.1) is 11.8 Å². The molecule has 2 saturated carbocycles. The fourth-order valence-corrected chi connectivity index (χ4v) is 7.85. The highest BCUT2D eigenvalue weighted by atomic mass is 32.2. The van der Waals surface area contributed by atoms with Gasteiger partial charge in [0.15, 0.2) is 5.78 Å². The molecule has 1 atom stereocenters. The van der Waals surface area contributed by atoms with Crippen molar-refractivity contribution >= 4 is 40.0 Å². The summed E-state index contributed by atoms with van der Waals surface area (Å²) in [6.45, 7) is 18.3. The van der Waals surface area contributed by atoms with Gasteiger partial charge in [0.25, 0.3) is 0 Å². The van der Waals surface area contributed by atoms with Crippen LogP contribution in [0.4, 0.5) is 5.82 Å². The van der Waals surface area contributed by atoms with Gasteiger partial charge in [0, 0.05) is 36.4 Å². The number of benzene rings is 3. The third-order valence-corrected chi connectivity index (χ3v) is 11.4. The molecule has 6 heteroatoms. The van der Waals surface area contributed by atoms with Crippen LogP contribution in [0.25, 0.3) is 10.9 Å². The van der Waals surface area contributed by atoms with E-state index in [1.807, 2.05) is 121 Å². The van der Waals surface area contributed by atoms with Crippen LogP contribution < -0.4 is 4.90 Å². The van der Waals surface area contributed by atoms with Crippen LogP contribution in [0.5, 0.6) is 0 Å². The molecule has 2 fully saturated rings. The number of ketones is 2. The van der Waals surface area contributed by atoms with Crippen molar-refractivity contribution in [3.8, 4) is 0 Å². The minimum Gasteiger partial charge on any atom is -0.362 e. The second kappa shape index (κ2) is 25.5. The van der Waals surface area contributed by atoms with Gasteiger partial charge in [0.05, 0.1) is 10.8 Å². The molecular weight excluding hydrogens is 683 g/mol. The number of carbonyl (C=O) groups excluding carboxylic acids is 2. The van der Waals surface area contributed by atoms with Crippen LogP contribution in [-0.2, 0) is 4.79 Å². The number of Topliss-reactive ketones (excluding diaryl/α,β-unsaturated/α-hetero) is 2. The fourth-order valence-electron chi connectivity index (χ4n) is 6.83. The zero-order chi connectivity index (χ0) is 40.0. The van der Waals surface area contributed by atoms with Crippen LogP contribution >= 0.6 is 11.8 Å². The van der Waals surface area contributed by atoms with Crippen LogP contribution in [0.2, 0.25) is 0 Å². The number of fused-ring (bicyclic) bond motifs is 1. The first-order valence-electron chi connectivity index (χ1n) is 20.8. The van der Waals surface area contributed by atoms with Gasteiger partial charge in [-0.1, -0.05) is 147 Å². The molecule has 1 heterocycles. The van der Waals surface area contributed by atoms with Crippen molar-refractivity contribution in [3.63, 3.8) is 0 Å². The second-order valence-corrected chi connectivity index (χ2v) is 16.1. The number of nitrogens with zero attached hydrogens (tertiary/aromatic N) is 3. The van der Waals surface area contributed by atoms with E-state index >= 15 is 0 Å². The summed E-state index contributed by atoms with van der Waals surface area (Å²) in [5.74, 6) is 4.56. The first-order chi connectivity index (χ1) is 26.0. The van der Waals surface area contributed by atoms with E-state index in [2.05, 4.69) is 35.9 Å². The highest BCUT2D eigenvalue weighted by molar-refractivity contribution is 8.00. The van der Waals surface area contributed by atoms with E-state index in [-0.39, 0.29) is 23.2 Å². The van der Waals surface area contributed by atoms with Crippen molar-refractivity contribution < 1.29 is 9.59 Å². The lowest BCUT2D eigenvalue weighted by Crippen LogP contribution is -2.18. The molecule has 0 saturated heterocycles. The Kier molecular flexibility index (Phi) is 22.1. The zero-order valence-electron chi connectivity index (χ0n) is 35.6. The number of hydrogen-bond donors (Lipinski definition) is 0. The molecule has 1 unspecified atom stereocenters. The Morgan fingerprint density at radius 2 is 1.26 bits per heavy atom. The highest BCUT2D eigenvalue weighted by Crippen LogP contribution is 2.33. The van der Waals surface area contributed by atoms with Crippen LogP contribution in [0.15, 0.2) is 77.7 Å². The highest BCUT2D eigenvalue weighted by Gasteiger charge is 2.22. The topological polar surface area (TPSA) is 63.2 Å². The van der Waals surface area contributed by atoms with Gasteiger partial charge in [-0.05, 0) is 81.2 Å². The lowest BCUT2D eigenvalue weighted by Gasteiger charge is -2.22. The van der Waals surface area contributed by atoms with Crippen molar-refractivity contribution in [2.75, 3.05) is 19.0 Å². The number of anilines is 1. The van der Waals surface area contributed by atoms with Crippen molar-refractivity contribution in [2.24, 2.45) is 11.8 Å². The molecule has 4 aromatic rings. The van der Waals surface area contributed by atoms with E-state index in [1.165, 1.54) is 87.1 Å². The predicted octanol–water partition coefficient (Wildman–Crippen LogP) is 13.6. The normalized spacial score (nSPS) is 17.3. The number of hydrogen-bond acceptors (Lipinski definition) is 6. The average molecular weight is 754 g/mol. The molecule has 296 valence electrons. The van der Waals surface area contributed by atoms with Crippen LogP contribution in [0.1, 0.15) is 152 Å². The van der Waals surface area contributed by atoms with Crippen LogP contribution in [0.3, 0.4) is 0 Å². The summed E-state index contributed by atoms with van der Waals surface area (Å²) in [6, 6.07) is 24.3. The van der Waals surface area contributed by atoms with Gasteiger partial charge < -0.3 is 4.90 Å². The molecule has 1 aromatic heterocycles. The molecule has 0 radical (unpaired) electrons. The van der Waals surface area contributed by atoms with E-state index in [0.29, 0.717) is 11.5 Å². The number of carbonyl (C=O) groups is 2. The Labute approximate surface area is 333 Å².